The van der Waals surface area contributed by atoms with Gasteiger partial charge < -0.3 is 15.5 Å². The van der Waals surface area contributed by atoms with Gasteiger partial charge in [0.25, 0.3) is 11.8 Å². The van der Waals surface area contributed by atoms with Crippen molar-refractivity contribution in [1.82, 2.24) is 15.2 Å². The maximum atomic E-state index is 13.6. The molecule has 1 unspecified atom stereocenters. The predicted octanol–water partition coefficient (Wildman–Crippen LogP) is 3.51. The maximum Gasteiger partial charge on any atom is 0.257 e. The quantitative estimate of drug-likeness (QED) is 0.630. The van der Waals surface area contributed by atoms with Crippen molar-refractivity contribution in [3.05, 3.63) is 95.6 Å². The standard InChI is InChI=1S/C23H23FN4O2/c1-28(2)21(16-6-3-9-19(24)12-16)15-26-22(29)17-7-4-10-20(13-17)27-23(30)18-8-5-11-25-14-18/h3-14,21H,15H2,1-2H3,(H,26,29)(H,27,30). The van der Waals surface area contributed by atoms with Crippen LogP contribution in [-0.2, 0) is 0 Å². The fourth-order valence-corrected chi connectivity index (χ4v) is 3.04. The highest BCUT2D eigenvalue weighted by Gasteiger charge is 2.17. The van der Waals surface area contributed by atoms with Gasteiger partial charge in [-0.05, 0) is 62.1 Å². The highest BCUT2D eigenvalue weighted by Crippen LogP contribution is 2.19. The molecule has 3 aromatic rings. The number of pyridine rings is 1. The van der Waals surface area contributed by atoms with E-state index < -0.39 is 0 Å². The molecule has 7 heteroatoms. The van der Waals surface area contributed by atoms with Gasteiger partial charge in [0.15, 0.2) is 0 Å². The molecule has 0 aliphatic heterocycles. The van der Waals surface area contributed by atoms with Crippen molar-refractivity contribution < 1.29 is 14.0 Å². The molecule has 0 radical (unpaired) electrons. The summed E-state index contributed by atoms with van der Waals surface area (Å²) in [6.45, 7) is 0.307. The average molecular weight is 406 g/mol. The first-order valence-electron chi connectivity index (χ1n) is 9.45. The largest absolute Gasteiger partial charge is 0.350 e. The number of anilines is 1. The second kappa shape index (κ2) is 9.76. The van der Waals surface area contributed by atoms with E-state index in [9.17, 15) is 14.0 Å². The van der Waals surface area contributed by atoms with Crippen LogP contribution in [0.2, 0.25) is 0 Å². The minimum absolute atomic E-state index is 0.182. The Hall–Kier alpha value is -3.58. The molecule has 0 aliphatic carbocycles. The minimum Gasteiger partial charge on any atom is -0.350 e. The number of nitrogens with one attached hydrogen (secondary N) is 2. The van der Waals surface area contributed by atoms with Gasteiger partial charge in [0.1, 0.15) is 5.82 Å². The van der Waals surface area contributed by atoms with Crippen LogP contribution in [0.15, 0.2) is 73.1 Å². The van der Waals surface area contributed by atoms with Crippen molar-refractivity contribution in [2.45, 2.75) is 6.04 Å². The number of hydrogen-bond acceptors (Lipinski definition) is 4. The van der Waals surface area contributed by atoms with Crippen LogP contribution >= 0.6 is 0 Å². The SMILES string of the molecule is CN(C)C(CNC(=O)c1cccc(NC(=O)c2cccnc2)c1)c1cccc(F)c1. The van der Waals surface area contributed by atoms with Crippen LogP contribution < -0.4 is 10.6 Å². The summed E-state index contributed by atoms with van der Waals surface area (Å²) in [6.07, 6.45) is 3.06. The molecule has 0 fully saturated rings. The number of benzene rings is 2. The minimum atomic E-state index is -0.317. The highest BCUT2D eigenvalue weighted by atomic mass is 19.1. The Kier molecular flexibility index (Phi) is 6.87. The van der Waals surface area contributed by atoms with E-state index in [0.717, 1.165) is 5.56 Å². The lowest BCUT2D eigenvalue weighted by Gasteiger charge is -2.25. The topological polar surface area (TPSA) is 74.3 Å². The number of hydrogen-bond donors (Lipinski definition) is 2. The molecule has 2 N–H and O–H groups in total. The first-order chi connectivity index (χ1) is 14.4. The molecule has 6 nitrogen and oxygen atoms in total. The molecule has 0 spiro atoms. The van der Waals surface area contributed by atoms with Crippen LogP contribution in [0.3, 0.4) is 0 Å². The fourth-order valence-electron chi connectivity index (χ4n) is 3.04. The van der Waals surface area contributed by atoms with Gasteiger partial charge in [-0.15, -0.1) is 0 Å². The summed E-state index contributed by atoms with van der Waals surface area (Å²) < 4.78 is 13.6. The van der Waals surface area contributed by atoms with E-state index in [-0.39, 0.29) is 23.7 Å². The number of likely N-dealkylation sites (N-methyl/N-ethyl adjacent to an activating group) is 1. The van der Waals surface area contributed by atoms with Crippen molar-refractivity contribution in [3.8, 4) is 0 Å². The van der Waals surface area contributed by atoms with Gasteiger partial charge in [-0.2, -0.15) is 0 Å². The zero-order chi connectivity index (χ0) is 21.5. The summed E-state index contributed by atoms with van der Waals surface area (Å²) in [5.41, 5.74) is 2.12. The predicted molar refractivity (Wildman–Crippen MR) is 114 cm³/mol. The molecular formula is C23H23FN4O2. The number of halogens is 1. The van der Waals surface area contributed by atoms with E-state index in [1.807, 2.05) is 25.1 Å². The van der Waals surface area contributed by atoms with Gasteiger partial charge in [-0.25, -0.2) is 4.39 Å². The number of carbonyl (C=O) groups excluding carboxylic acids is 2. The van der Waals surface area contributed by atoms with Gasteiger partial charge in [-0.3, -0.25) is 14.6 Å². The maximum absolute atomic E-state index is 13.6. The first kappa shape index (κ1) is 21.1. The lowest BCUT2D eigenvalue weighted by atomic mass is 10.1. The molecule has 0 saturated carbocycles. The molecule has 0 aliphatic rings. The van der Waals surface area contributed by atoms with Crippen molar-refractivity contribution in [2.75, 3.05) is 26.0 Å². The zero-order valence-electron chi connectivity index (χ0n) is 16.8. The summed E-state index contributed by atoms with van der Waals surface area (Å²) >= 11 is 0. The van der Waals surface area contributed by atoms with E-state index in [2.05, 4.69) is 15.6 Å². The summed E-state index contributed by atoms with van der Waals surface area (Å²) in [6, 6.07) is 16.2. The molecule has 0 bridgehead atoms. The molecule has 2 amide bonds. The van der Waals surface area contributed by atoms with Crippen LogP contribution in [-0.4, -0.2) is 42.3 Å². The number of rotatable bonds is 7. The zero-order valence-corrected chi connectivity index (χ0v) is 16.8. The van der Waals surface area contributed by atoms with E-state index >= 15 is 0 Å². The molecule has 154 valence electrons. The Bertz CT molecular complexity index is 1020. The third-order valence-electron chi connectivity index (χ3n) is 4.62. The number of nitrogens with zero attached hydrogens (tertiary/aromatic N) is 2. The third-order valence-corrected chi connectivity index (χ3v) is 4.62. The summed E-state index contributed by atoms with van der Waals surface area (Å²) in [5, 5.41) is 5.64. The number of carbonyl (C=O) groups is 2. The third kappa shape index (κ3) is 5.48. The van der Waals surface area contributed by atoms with Gasteiger partial charge in [0.2, 0.25) is 0 Å². The monoisotopic (exact) mass is 406 g/mol. The summed E-state index contributed by atoms with van der Waals surface area (Å²) in [7, 11) is 3.74. The molecule has 30 heavy (non-hydrogen) atoms. The van der Waals surface area contributed by atoms with Gasteiger partial charge >= 0.3 is 0 Å². The van der Waals surface area contributed by atoms with Crippen LogP contribution in [0.5, 0.6) is 0 Å². The normalized spacial score (nSPS) is 11.7. The molecule has 1 aromatic heterocycles. The van der Waals surface area contributed by atoms with Crippen LogP contribution in [0.25, 0.3) is 0 Å². The Labute approximate surface area is 174 Å². The fraction of sp³-hybridized carbons (Fsp3) is 0.174. The van der Waals surface area contributed by atoms with Crippen molar-refractivity contribution >= 4 is 17.5 Å². The molecule has 1 atom stereocenters. The summed E-state index contributed by atoms with van der Waals surface area (Å²) in [4.78, 5) is 30.8. The Morgan fingerprint density at radius 2 is 1.77 bits per heavy atom. The van der Waals surface area contributed by atoms with Crippen LogP contribution in [0, 0.1) is 5.82 Å². The van der Waals surface area contributed by atoms with Gasteiger partial charge in [0, 0.05) is 30.2 Å². The van der Waals surface area contributed by atoms with Gasteiger partial charge in [0.05, 0.1) is 11.6 Å². The number of aromatic nitrogens is 1. The lowest BCUT2D eigenvalue weighted by molar-refractivity contribution is 0.0940. The van der Waals surface area contributed by atoms with E-state index in [1.165, 1.54) is 18.3 Å². The van der Waals surface area contributed by atoms with E-state index in [0.29, 0.717) is 23.4 Å². The smallest absolute Gasteiger partial charge is 0.257 e. The van der Waals surface area contributed by atoms with Crippen LogP contribution in [0.4, 0.5) is 10.1 Å². The summed E-state index contributed by atoms with van der Waals surface area (Å²) in [5.74, 6) is -0.905. The Morgan fingerprint density at radius 3 is 2.47 bits per heavy atom. The van der Waals surface area contributed by atoms with E-state index in [1.54, 1.807) is 48.7 Å². The second-order valence-electron chi connectivity index (χ2n) is 7.02. The molecule has 1 heterocycles. The Morgan fingerprint density at radius 1 is 1.00 bits per heavy atom. The Balaban J connectivity index is 1.66. The molecule has 0 saturated heterocycles. The lowest BCUT2D eigenvalue weighted by Crippen LogP contribution is -2.34. The van der Waals surface area contributed by atoms with Crippen molar-refractivity contribution in [3.63, 3.8) is 0 Å². The first-order valence-corrected chi connectivity index (χ1v) is 9.45. The van der Waals surface area contributed by atoms with Crippen LogP contribution in [0.1, 0.15) is 32.3 Å². The molecule has 2 aromatic carbocycles. The second-order valence-corrected chi connectivity index (χ2v) is 7.02. The van der Waals surface area contributed by atoms with E-state index in [4.69, 9.17) is 0 Å². The van der Waals surface area contributed by atoms with Gasteiger partial charge in [-0.1, -0.05) is 18.2 Å². The average Bonchev–Trinajstić information content (AvgIpc) is 2.74. The molecule has 3 rings (SSSR count). The number of amides is 2. The highest BCUT2D eigenvalue weighted by molar-refractivity contribution is 6.04. The van der Waals surface area contributed by atoms with Crippen molar-refractivity contribution in [2.24, 2.45) is 0 Å². The van der Waals surface area contributed by atoms with Crippen molar-refractivity contribution in [1.29, 1.82) is 0 Å². The molecular weight excluding hydrogens is 383 g/mol.